The molecule has 1 aliphatic rings. The lowest BCUT2D eigenvalue weighted by Gasteiger charge is -2.31. The van der Waals surface area contributed by atoms with Crippen molar-refractivity contribution < 1.29 is 19.0 Å². The molecule has 1 amide bonds. The minimum atomic E-state index is -0.0105. The number of nitrogens with zero attached hydrogens (tertiary/aromatic N) is 2. The van der Waals surface area contributed by atoms with E-state index >= 15 is 0 Å². The van der Waals surface area contributed by atoms with Gasteiger partial charge in [0, 0.05) is 24.5 Å². The summed E-state index contributed by atoms with van der Waals surface area (Å²) in [6, 6.07) is 7.62. The fraction of sp³-hybridized carbons (Fsp3) is 0.500. The van der Waals surface area contributed by atoms with Crippen LogP contribution in [0.25, 0.3) is 0 Å². The summed E-state index contributed by atoms with van der Waals surface area (Å²) in [5.41, 5.74) is 1.69. The smallest absolute Gasteiger partial charge is 0.254 e. The molecule has 1 aromatic carbocycles. The number of likely N-dealkylation sites (tertiary alicyclic amines) is 1. The average molecular weight is 413 g/mol. The third kappa shape index (κ3) is 5.04. The number of amides is 1. The number of carbonyl (C=O) groups is 1. The maximum absolute atomic E-state index is 13.7. The van der Waals surface area contributed by atoms with Crippen molar-refractivity contribution in [2.45, 2.75) is 52.5 Å². The Morgan fingerprint density at radius 3 is 2.20 bits per heavy atom. The van der Waals surface area contributed by atoms with Gasteiger partial charge in [0.15, 0.2) is 11.5 Å². The van der Waals surface area contributed by atoms with E-state index in [1.54, 1.807) is 24.5 Å². The summed E-state index contributed by atoms with van der Waals surface area (Å²) in [6.07, 6.45) is 7.77. The molecule has 6 nitrogen and oxygen atoms in total. The predicted molar refractivity (Wildman–Crippen MR) is 116 cm³/mol. The van der Waals surface area contributed by atoms with Gasteiger partial charge in [0.05, 0.1) is 25.9 Å². The Balaban J connectivity index is 2.00. The number of rotatable bonds is 8. The van der Waals surface area contributed by atoms with E-state index in [4.69, 9.17) is 14.2 Å². The van der Waals surface area contributed by atoms with Gasteiger partial charge in [-0.25, -0.2) is 0 Å². The highest BCUT2D eigenvalue weighted by Gasteiger charge is 2.29. The van der Waals surface area contributed by atoms with Crippen molar-refractivity contribution >= 4 is 5.91 Å². The Morgan fingerprint density at radius 1 is 0.967 bits per heavy atom. The molecule has 1 fully saturated rings. The highest BCUT2D eigenvalue weighted by molar-refractivity contribution is 5.96. The number of hydrogen-bond acceptors (Lipinski definition) is 5. The number of benzene rings is 1. The minimum absolute atomic E-state index is 0.0105. The zero-order valence-electron chi connectivity index (χ0n) is 18.2. The first-order valence-electron chi connectivity index (χ1n) is 11.0. The van der Waals surface area contributed by atoms with E-state index in [-0.39, 0.29) is 11.9 Å². The first-order chi connectivity index (χ1) is 14.7. The Bertz CT molecular complexity index is 798. The fourth-order valence-electron chi connectivity index (χ4n) is 3.96. The van der Waals surface area contributed by atoms with Crippen LogP contribution in [0.4, 0.5) is 0 Å². The molecule has 0 spiro atoms. The van der Waals surface area contributed by atoms with E-state index in [0.29, 0.717) is 42.6 Å². The SMILES string of the molecule is CCOc1cc(C(=O)N2CCCCCC2c2ccncc2)cc(OCC)c1OCC. The van der Waals surface area contributed by atoms with Crippen LogP contribution in [0.15, 0.2) is 36.7 Å². The Labute approximate surface area is 179 Å². The number of ether oxygens (including phenoxy) is 3. The zero-order chi connectivity index (χ0) is 21.3. The van der Waals surface area contributed by atoms with E-state index in [1.165, 1.54) is 0 Å². The van der Waals surface area contributed by atoms with Crippen LogP contribution >= 0.6 is 0 Å². The van der Waals surface area contributed by atoms with Crippen molar-refractivity contribution in [3.63, 3.8) is 0 Å². The topological polar surface area (TPSA) is 60.9 Å². The largest absolute Gasteiger partial charge is 0.490 e. The van der Waals surface area contributed by atoms with Gasteiger partial charge in [-0.1, -0.05) is 12.8 Å². The van der Waals surface area contributed by atoms with Crippen LogP contribution < -0.4 is 14.2 Å². The summed E-state index contributed by atoms with van der Waals surface area (Å²) in [7, 11) is 0. The van der Waals surface area contributed by atoms with Gasteiger partial charge in [-0.3, -0.25) is 9.78 Å². The summed E-state index contributed by atoms with van der Waals surface area (Å²) in [6.45, 7) is 7.93. The molecule has 2 aromatic rings. The molecule has 0 saturated carbocycles. The molecule has 3 rings (SSSR count). The van der Waals surface area contributed by atoms with Gasteiger partial charge in [0.1, 0.15) is 0 Å². The maximum atomic E-state index is 13.7. The molecule has 1 atom stereocenters. The van der Waals surface area contributed by atoms with Gasteiger partial charge in [0.2, 0.25) is 5.75 Å². The van der Waals surface area contributed by atoms with Crippen LogP contribution in [-0.4, -0.2) is 42.2 Å². The van der Waals surface area contributed by atoms with Gasteiger partial charge >= 0.3 is 0 Å². The maximum Gasteiger partial charge on any atom is 0.254 e. The van der Waals surface area contributed by atoms with Gasteiger partial charge in [-0.05, 0) is 63.4 Å². The van der Waals surface area contributed by atoms with Crippen LogP contribution in [0.3, 0.4) is 0 Å². The van der Waals surface area contributed by atoms with E-state index in [2.05, 4.69) is 4.98 Å². The number of carbonyl (C=O) groups excluding carboxylic acids is 1. The van der Waals surface area contributed by atoms with Crippen LogP contribution in [0.2, 0.25) is 0 Å². The first kappa shape index (κ1) is 21.9. The molecule has 1 aromatic heterocycles. The number of aromatic nitrogens is 1. The van der Waals surface area contributed by atoms with Gasteiger partial charge < -0.3 is 19.1 Å². The van der Waals surface area contributed by atoms with Crippen LogP contribution in [0, 0.1) is 0 Å². The van der Waals surface area contributed by atoms with Crippen molar-refractivity contribution in [1.82, 2.24) is 9.88 Å². The van der Waals surface area contributed by atoms with Crippen LogP contribution in [0.1, 0.15) is 68.4 Å². The molecule has 0 bridgehead atoms. The summed E-state index contributed by atoms with van der Waals surface area (Å²) in [5, 5.41) is 0. The van der Waals surface area contributed by atoms with E-state index < -0.39 is 0 Å². The normalized spacial score (nSPS) is 16.6. The molecule has 0 aliphatic carbocycles. The molecule has 162 valence electrons. The Morgan fingerprint density at radius 2 is 1.60 bits per heavy atom. The van der Waals surface area contributed by atoms with Gasteiger partial charge in [0.25, 0.3) is 5.91 Å². The van der Waals surface area contributed by atoms with Gasteiger partial charge in [-0.15, -0.1) is 0 Å². The zero-order valence-corrected chi connectivity index (χ0v) is 18.2. The van der Waals surface area contributed by atoms with Crippen LogP contribution in [0.5, 0.6) is 17.2 Å². The van der Waals surface area contributed by atoms with Gasteiger partial charge in [-0.2, -0.15) is 0 Å². The molecule has 2 heterocycles. The van der Waals surface area contributed by atoms with Crippen molar-refractivity contribution in [1.29, 1.82) is 0 Å². The van der Waals surface area contributed by atoms with Crippen molar-refractivity contribution in [3.8, 4) is 17.2 Å². The lowest BCUT2D eigenvalue weighted by atomic mass is 10.0. The quantitative estimate of drug-likeness (QED) is 0.608. The average Bonchev–Trinajstić information content (AvgIpc) is 3.02. The highest BCUT2D eigenvalue weighted by atomic mass is 16.5. The number of hydrogen-bond donors (Lipinski definition) is 0. The molecule has 6 heteroatoms. The summed E-state index contributed by atoms with van der Waals surface area (Å²) in [4.78, 5) is 19.8. The lowest BCUT2D eigenvalue weighted by molar-refractivity contribution is 0.0679. The fourth-order valence-corrected chi connectivity index (χ4v) is 3.96. The standard InChI is InChI=1S/C24H32N2O4/c1-4-28-21-16-19(17-22(29-5-2)23(21)30-6-3)24(27)26-15-9-7-8-10-20(26)18-11-13-25-14-12-18/h11-14,16-17,20H,4-10,15H2,1-3H3. The summed E-state index contributed by atoms with van der Waals surface area (Å²) in [5.74, 6) is 1.64. The monoisotopic (exact) mass is 412 g/mol. The predicted octanol–water partition coefficient (Wildman–Crippen LogP) is 5.04. The molecule has 30 heavy (non-hydrogen) atoms. The van der Waals surface area contributed by atoms with E-state index in [9.17, 15) is 4.79 Å². The molecular formula is C24H32N2O4. The lowest BCUT2D eigenvalue weighted by Crippen LogP contribution is -2.35. The van der Waals surface area contributed by atoms with E-state index in [0.717, 1.165) is 37.8 Å². The molecule has 0 radical (unpaired) electrons. The summed E-state index contributed by atoms with van der Waals surface area (Å²) < 4.78 is 17.4. The third-order valence-corrected chi connectivity index (χ3v) is 5.26. The molecule has 1 unspecified atom stereocenters. The Kier molecular flexibility index (Phi) is 7.94. The van der Waals surface area contributed by atoms with Crippen molar-refractivity contribution in [2.75, 3.05) is 26.4 Å². The number of pyridine rings is 1. The molecule has 1 aliphatic heterocycles. The second-order valence-corrected chi connectivity index (χ2v) is 7.24. The summed E-state index contributed by atoms with van der Waals surface area (Å²) >= 11 is 0. The second-order valence-electron chi connectivity index (χ2n) is 7.24. The first-order valence-corrected chi connectivity index (χ1v) is 11.0. The van der Waals surface area contributed by atoms with Crippen molar-refractivity contribution in [3.05, 3.63) is 47.8 Å². The second kappa shape index (κ2) is 10.9. The minimum Gasteiger partial charge on any atom is -0.490 e. The molecule has 0 N–H and O–H groups in total. The Hall–Kier alpha value is -2.76. The van der Waals surface area contributed by atoms with Crippen molar-refractivity contribution in [2.24, 2.45) is 0 Å². The molecular weight excluding hydrogens is 380 g/mol. The van der Waals surface area contributed by atoms with E-state index in [1.807, 2.05) is 37.8 Å². The third-order valence-electron chi connectivity index (χ3n) is 5.26. The highest BCUT2D eigenvalue weighted by Crippen LogP contribution is 2.40. The van der Waals surface area contributed by atoms with Crippen LogP contribution in [-0.2, 0) is 0 Å². The molecule has 1 saturated heterocycles.